The van der Waals surface area contributed by atoms with Gasteiger partial charge >= 0.3 is 0 Å². The Bertz CT molecular complexity index is 702. The van der Waals surface area contributed by atoms with Crippen LogP contribution in [0.15, 0.2) is 29.4 Å². The van der Waals surface area contributed by atoms with E-state index in [0.717, 1.165) is 47.5 Å². The molecule has 1 aromatic carbocycles. The van der Waals surface area contributed by atoms with Crippen molar-refractivity contribution in [3.8, 4) is 0 Å². The quantitative estimate of drug-likeness (QED) is 0.815. The zero-order chi connectivity index (χ0) is 18.3. The van der Waals surface area contributed by atoms with Crippen molar-refractivity contribution < 1.29 is 13.2 Å². The average molecular weight is 365 g/mol. The second-order valence-electron chi connectivity index (χ2n) is 6.59. The zero-order valence-electron chi connectivity index (χ0n) is 15.0. The molecule has 0 aliphatic heterocycles. The molecule has 0 bridgehead atoms. The van der Waals surface area contributed by atoms with Gasteiger partial charge in [-0.25, -0.2) is 13.8 Å². The van der Waals surface area contributed by atoms with Crippen molar-refractivity contribution >= 4 is 27.3 Å². The number of carbonyl (C=O) groups is 1. The first-order valence-electron chi connectivity index (χ1n) is 8.75. The van der Waals surface area contributed by atoms with E-state index in [9.17, 15) is 13.2 Å². The first-order valence-corrected chi connectivity index (χ1v) is 10.6. The van der Waals surface area contributed by atoms with Crippen molar-refractivity contribution in [1.29, 1.82) is 0 Å². The van der Waals surface area contributed by atoms with Gasteiger partial charge in [-0.1, -0.05) is 37.0 Å². The Hall–Kier alpha value is -1.89. The van der Waals surface area contributed by atoms with Gasteiger partial charge in [0.15, 0.2) is 0 Å². The van der Waals surface area contributed by atoms with Crippen LogP contribution in [0, 0.1) is 6.92 Å². The zero-order valence-corrected chi connectivity index (χ0v) is 15.8. The second-order valence-corrected chi connectivity index (χ2v) is 8.49. The Labute approximate surface area is 150 Å². The highest BCUT2D eigenvalue weighted by Gasteiger charge is 2.20. The highest BCUT2D eigenvalue weighted by molar-refractivity contribution is 7.92. The summed E-state index contributed by atoms with van der Waals surface area (Å²) in [6.45, 7) is 1.64. The summed E-state index contributed by atoms with van der Waals surface area (Å²) in [4.78, 5) is 12.2. The Balaban J connectivity index is 2.03. The number of hydrogen-bond acceptors (Lipinski definition) is 4. The van der Waals surface area contributed by atoms with Crippen LogP contribution in [-0.2, 0) is 14.8 Å². The number of amides is 1. The minimum atomic E-state index is -3.56. The lowest BCUT2D eigenvalue weighted by Crippen LogP contribution is -2.39. The van der Waals surface area contributed by atoms with E-state index in [2.05, 4.69) is 10.5 Å². The highest BCUT2D eigenvalue weighted by Crippen LogP contribution is 2.18. The van der Waals surface area contributed by atoms with Crippen molar-refractivity contribution in [3.63, 3.8) is 0 Å². The number of benzene rings is 1. The maximum absolute atomic E-state index is 12.2. The minimum Gasteiger partial charge on any atom is -0.271 e. The van der Waals surface area contributed by atoms with Crippen LogP contribution >= 0.6 is 0 Å². The fourth-order valence-electron chi connectivity index (χ4n) is 2.84. The number of nitrogens with one attached hydrogen (secondary N) is 1. The lowest BCUT2D eigenvalue weighted by molar-refractivity contribution is -0.119. The number of hydrogen-bond donors (Lipinski definition) is 1. The van der Waals surface area contributed by atoms with Crippen molar-refractivity contribution in [2.24, 2.45) is 5.10 Å². The van der Waals surface area contributed by atoms with Gasteiger partial charge in [0.1, 0.15) is 6.54 Å². The summed E-state index contributed by atoms with van der Waals surface area (Å²) in [7, 11) is -3.56. The van der Waals surface area contributed by atoms with Crippen LogP contribution in [0.25, 0.3) is 0 Å². The molecule has 0 saturated heterocycles. The third kappa shape index (κ3) is 6.49. The molecule has 25 heavy (non-hydrogen) atoms. The van der Waals surface area contributed by atoms with Crippen molar-refractivity contribution in [3.05, 3.63) is 29.8 Å². The average Bonchev–Trinajstić information content (AvgIpc) is 2.51. The number of rotatable bonds is 5. The number of aryl methyl sites for hydroxylation is 1. The molecule has 0 aromatic heterocycles. The molecule has 0 radical (unpaired) electrons. The predicted molar refractivity (Wildman–Crippen MR) is 101 cm³/mol. The maximum atomic E-state index is 12.2. The molecule has 0 atom stereocenters. The van der Waals surface area contributed by atoms with Crippen LogP contribution in [-0.4, -0.2) is 32.8 Å². The van der Waals surface area contributed by atoms with E-state index in [4.69, 9.17) is 0 Å². The van der Waals surface area contributed by atoms with Crippen molar-refractivity contribution in [1.82, 2.24) is 5.43 Å². The summed E-state index contributed by atoms with van der Waals surface area (Å²) in [5.41, 5.74) is 5.02. The largest absolute Gasteiger partial charge is 0.271 e. The van der Waals surface area contributed by atoms with Crippen LogP contribution in [0.2, 0.25) is 0 Å². The molecule has 2 rings (SSSR count). The SMILES string of the molecule is Cc1ccc(N(CC(=O)NN=C2CCCCCCC2)S(C)(=O)=O)cc1. The molecule has 0 spiro atoms. The lowest BCUT2D eigenvalue weighted by atomic mass is 9.99. The number of anilines is 1. The molecule has 0 heterocycles. The van der Waals surface area contributed by atoms with E-state index in [-0.39, 0.29) is 6.54 Å². The van der Waals surface area contributed by atoms with E-state index in [1.807, 2.05) is 19.1 Å². The summed E-state index contributed by atoms with van der Waals surface area (Å²) in [6, 6.07) is 7.04. The van der Waals surface area contributed by atoms with Crippen molar-refractivity contribution in [2.45, 2.75) is 51.9 Å². The van der Waals surface area contributed by atoms with Crippen LogP contribution < -0.4 is 9.73 Å². The molecule has 1 aliphatic carbocycles. The normalized spacial score (nSPS) is 15.8. The summed E-state index contributed by atoms with van der Waals surface area (Å²) >= 11 is 0. The number of carbonyl (C=O) groups excluding carboxylic acids is 1. The van der Waals surface area contributed by atoms with Gasteiger partial charge in [0.05, 0.1) is 11.9 Å². The Morgan fingerprint density at radius 3 is 2.20 bits per heavy atom. The summed E-state index contributed by atoms with van der Waals surface area (Å²) in [6.07, 6.45) is 8.73. The molecule has 1 aromatic rings. The van der Waals surface area contributed by atoms with Gasteiger partial charge in [-0.2, -0.15) is 5.10 Å². The van der Waals surface area contributed by atoms with E-state index < -0.39 is 15.9 Å². The molecule has 1 aliphatic rings. The number of sulfonamides is 1. The molecule has 6 nitrogen and oxygen atoms in total. The fraction of sp³-hybridized carbons (Fsp3) is 0.556. The number of hydrazone groups is 1. The summed E-state index contributed by atoms with van der Waals surface area (Å²) in [5, 5.41) is 4.22. The van der Waals surface area contributed by atoms with Gasteiger partial charge in [-0.05, 0) is 44.7 Å². The van der Waals surface area contributed by atoms with Gasteiger partial charge < -0.3 is 0 Å². The first kappa shape index (κ1) is 19.4. The molecular formula is C18H27N3O3S. The predicted octanol–water partition coefficient (Wildman–Crippen LogP) is 2.98. The third-order valence-electron chi connectivity index (χ3n) is 4.28. The molecule has 7 heteroatoms. The van der Waals surface area contributed by atoms with Gasteiger partial charge in [-0.3, -0.25) is 9.10 Å². The standard InChI is InChI=1S/C18H27N3O3S/c1-15-10-12-17(13-11-15)21(25(2,23)24)14-18(22)20-19-16-8-6-4-3-5-7-9-16/h10-13H,3-9,14H2,1-2H3,(H,20,22). The van der Waals surface area contributed by atoms with E-state index >= 15 is 0 Å². The lowest BCUT2D eigenvalue weighted by Gasteiger charge is -2.21. The monoisotopic (exact) mass is 365 g/mol. The fourth-order valence-corrected chi connectivity index (χ4v) is 3.70. The molecular weight excluding hydrogens is 338 g/mol. The first-order chi connectivity index (χ1) is 11.9. The van der Waals surface area contributed by atoms with Crippen LogP contribution in [0.4, 0.5) is 5.69 Å². The third-order valence-corrected chi connectivity index (χ3v) is 5.42. The second kappa shape index (κ2) is 8.99. The highest BCUT2D eigenvalue weighted by atomic mass is 32.2. The smallest absolute Gasteiger partial charge is 0.260 e. The molecule has 0 unspecified atom stereocenters. The van der Waals surface area contributed by atoms with Crippen LogP contribution in [0.3, 0.4) is 0 Å². The molecule has 1 saturated carbocycles. The van der Waals surface area contributed by atoms with Crippen molar-refractivity contribution in [2.75, 3.05) is 17.1 Å². The van der Waals surface area contributed by atoms with E-state index in [1.54, 1.807) is 12.1 Å². The topological polar surface area (TPSA) is 78.8 Å². The summed E-state index contributed by atoms with van der Waals surface area (Å²) in [5.74, 6) is -0.430. The minimum absolute atomic E-state index is 0.279. The molecule has 1 N–H and O–H groups in total. The van der Waals surface area contributed by atoms with E-state index in [1.165, 1.54) is 19.3 Å². The molecule has 138 valence electrons. The Morgan fingerprint density at radius 1 is 1.08 bits per heavy atom. The van der Waals surface area contributed by atoms with E-state index in [0.29, 0.717) is 5.69 Å². The van der Waals surface area contributed by atoms with Gasteiger partial charge in [0.2, 0.25) is 10.0 Å². The Morgan fingerprint density at radius 2 is 1.64 bits per heavy atom. The van der Waals surface area contributed by atoms with Gasteiger partial charge in [0.25, 0.3) is 5.91 Å². The molecule has 1 amide bonds. The van der Waals surface area contributed by atoms with Crippen LogP contribution in [0.5, 0.6) is 0 Å². The number of nitrogens with zero attached hydrogens (tertiary/aromatic N) is 2. The molecule has 1 fully saturated rings. The maximum Gasteiger partial charge on any atom is 0.260 e. The van der Waals surface area contributed by atoms with Gasteiger partial charge in [0, 0.05) is 5.71 Å². The van der Waals surface area contributed by atoms with Crippen LogP contribution in [0.1, 0.15) is 50.5 Å². The summed E-state index contributed by atoms with van der Waals surface area (Å²) < 4.78 is 25.2. The van der Waals surface area contributed by atoms with Gasteiger partial charge in [-0.15, -0.1) is 0 Å². The Kier molecular flexibility index (Phi) is 6.99.